The standard InChI is InChI=1S/C13H20O3/c1-13(5-4-11-15-6-7-16-11)10-3-2-9(8-10)12(13)14/h9-11H,2-8H2,1H3/t9-,10+,13-/m1/s1. The van der Waals surface area contributed by atoms with Gasteiger partial charge in [0.15, 0.2) is 6.29 Å². The van der Waals surface area contributed by atoms with Crippen LogP contribution in [-0.2, 0) is 14.3 Å². The summed E-state index contributed by atoms with van der Waals surface area (Å²) in [7, 11) is 0. The zero-order valence-corrected chi connectivity index (χ0v) is 9.91. The van der Waals surface area contributed by atoms with Crippen molar-refractivity contribution < 1.29 is 14.3 Å². The van der Waals surface area contributed by atoms with Crippen molar-refractivity contribution >= 4 is 5.78 Å². The van der Waals surface area contributed by atoms with Gasteiger partial charge in [-0.15, -0.1) is 0 Å². The van der Waals surface area contributed by atoms with Crippen LogP contribution in [0.5, 0.6) is 0 Å². The number of fused-ring (bicyclic) bond motifs is 2. The van der Waals surface area contributed by atoms with Crippen LogP contribution in [0.3, 0.4) is 0 Å². The molecule has 0 N–H and O–H groups in total. The quantitative estimate of drug-likeness (QED) is 0.736. The average molecular weight is 224 g/mol. The van der Waals surface area contributed by atoms with Crippen LogP contribution in [0, 0.1) is 17.3 Å². The molecule has 0 unspecified atom stereocenters. The van der Waals surface area contributed by atoms with Crippen molar-refractivity contribution in [3.63, 3.8) is 0 Å². The van der Waals surface area contributed by atoms with Gasteiger partial charge in [-0.1, -0.05) is 6.92 Å². The third kappa shape index (κ3) is 1.52. The molecule has 90 valence electrons. The molecule has 0 radical (unpaired) electrons. The maximum absolute atomic E-state index is 12.2. The third-order valence-electron chi connectivity index (χ3n) is 4.86. The first-order valence-electron chi connectivity index (χ1n) is 6.48. The first-order valence-corrected chi connectivity index (χ1v) is 6.48. The van der Waals surface area contributed by atoms with Crippen molar-refractivity contribution in [2.45, 2.75) is 45.3 Å². The van der Waals surface area contributed by atoms with E-state index in [2.05, 4.69) is 6.92 Å². The molecular formula is C13H20O3. The highest BCUT2D eigenvalue weighted by atomic mass is 16.7. The maximum atomic E-state index is 12.2. The van der Waals surface area contributed by atoms with Crippen LogP contribution in [0.25, 0.3) is 0 Å². The summed E-state index contributed by atoms with van der Waals surface area (Å²) < 4.78 is 10.9. The Kier molecular flexibility index (Phi) is 2.55. The van der Waals surface area contributed by atoms with Crippen LogP contribution < -0.4 is 0 Å². The maximum Gasteiger partial charge on any atom is 0.157 e. The first kappa shape index (κ1) is 10.7. The van der Waals surface area contributed by atoms with Crippen LogP contribution in [0.2, 0.25) is 0 Å². The number of carbonyl (C=O) groups excluding carboxylic acids is 1. The summed E-state index contributed by atoms with van der Waals surface area (Å²) in [5.74, 6) is 1.52. The van der Waals surface area contributed by atoms with Crippen LogP contribution in [0.1, 0.15) is 39.0 Å². The van der Waals surface area contributed by atoms with Crippen LogP contribution >= 0.6 is 0 Å². The molecule has 3 heteroatoms. The van der Waals surface area contributed by atoms with E-state index < -0.39 is 0 Å². The lowest BCUT2D eigenvalue weighted by Crippen LogP contribution is -2.34. The molecule has 3 rings (SSSR count). The summed E-state index contributed by atoms with van der Waals surface area (Å²) in [5, 5.41) is 0. The predicted octanol–water partition coefficient (Wildman–Crippen LogP) is 2.14. The number of ether oxygens (including phenoxy) is 2. The summed E-state index contributed by atoms with van der Waals surface area (Å²) in [5.41, 5.74) is -0.0712. The number of carbonyl (C=O) groups is 1. The lowest BCUT2D eigenvalue weighted by Gasteiger charge is -2.33. The third-order valence-corrected chi connectivity index (χ3v) is 4.86. The van der Waals surface area contributed by atoms with Gasteiger partial charge in [0.2, 0.25) is 0 Å². The van der Waals surface area contributed by atoms with E-state index in [-0.39, 0.29) is 11.7 Å². The van der Waals surface area contributed by atoms with Crippen LogP contribution in [-0.4, -0.2) is 25.3 Å². The van der Waals surface area contributed by atoms with E-state index in [1.807, 2.05) is 0 Å². The van der Waals surface area contributed by atoms with Crippen LogP contribution in [0.15, 0.2) is 0 Å². The Morgan fingerprint density at radius 2 is 2.06 bits per heavy atom. The highest BCUT2D eigenvalue weighted by Gasteiger charge is 2.54. The van der Waals surface area contributed by atoms with Gasteiger partial charge in [0.05, 0.1) is 13.2 Å². The molecule has 3 atom stereocenters. The molecule has 2 bridgehead atoms. The van der Waals surface area contributed by atoms with Crippen molar-refractivity contribution in [2.75, 3.05) is 13.2 Å². The Labute approximate surface area is 96.5 Å². The highest BCUT2D eigenvalue weighted by Crippen LogP contribution is 2.55. The highest BCUT2D eigenvalue weighted by molar-refractivity contribution is 5.90. The van der Waals surface area contributed by atoms with Gasteiger partial charge in [0.1, 0.15) is 5.78 Å². The summed E-state index contributed by atoms with van der Waals surface area (Å²) in [6, 6.07) is 0. The predicted molar refractivity (Wildman–Crippen MR) is 58.9 cm³/mol. The Morgan fingerprint density at radius 3 is 2.69 bits per heavy atom. The molecule has 3 nitrogen and oxygen atoms in total. The molecule has 3 aliphatic rings. The monoisotopic (exact) mass is 224 g/mol. The fourth-order valence-electron chi connectivity index (χ4n) is 3.78. The van der Waals surface area contributed by atoms with E-state index in [0.717, 1.165) is 25.7 Å². The van der Waals surface area contributed by atoms with E-state index >= 15 is 0 Å². The molecule has 1 aliphatic heterocycles. The number of rotatable bonds is 3. The molecule has 0 aromatic heterocycles. The first-order chi connectivity index (χ1) is 7.70. The molecule has 1 heterocycles. The van der Waals surface area contributed by atoms with Gasteiger partial charge in [0.25, 0.3) is 0 Å². The van der Waals surface area contributed by atoms with Crippen molar-refractivity contribution in [3.05, 3.63) is 0 Å². The SMILES string of the molecule is C[C@]1(CCC2OCCO2)C(=O)[C@@H]2CC[C@H]1C2. The number of hydrogen-bond donors (Lipinski definition) is 0. The van der Waals surface area contributed by atoms with Gasteiger partial charge in [-0.25, -0.2) is 0 Å². The number of hydrogen-bond acceptors (Lipinski definition) is 3. The van der Waals surface area contributed by atoms with E-state index in [0.29, 0.717) is 30.8 Å². The summed E-state index contributed by atoms with van der Waals surface area (Å²) in [6.45, 7) is 3.58. The van der Waals surface area contributed by atoms with Gasteiger partial charge < -0.3 is 9.47 Å². The molecule has 0 aromatic carbocycles. The normalized spacial score (nSPS) is 43.4. The fourth-order valence-corrected chi connectivity index (χ4v) is 3.78. The van der Waals surface area contributed by atoms with Crippen molar-refractivity contribution in [2.24, 2.45) is 17.3 Å². The minimum atomic E-state index is -0.0712. The second-order valence-corrected chi connectivity index (χ2v) is 5.70. The number of Topliss-reactive ketones (excluding diaryl/α,β-unsaturated/α-hetero) is 1. The zero-order valence-electron chi connectivity index (χ0n) is 9.91. The lowest BCUT2D eigenvalue weighted by molar-refractivity contribution is -0.133. The summed E-state index contributed by atoms with van der Waals surface area (Å²) >= 11 is 0. The molecular weight excluding hydrogens is 204 g/mol. The summed E-state index contributed by atoms with van der Waals surface area (Å²) in [4.78, 5) is 12.2. The van der Waals surface area contributed by atoms with E-state index in [4.69, 9.17) is 9.47 Å². The Hall–Kier alpha value is -0.410. The molecule has 1 saturated heterocycles. The summed E-state index contributed by atoms with van der Waals surface area (Å²) in [6.07, 6.45) is 5.29. The minimum absolute atomic E-state index is 0.0521. The molecule has 16 heavy (non-hydrogen) atoms. The van der Waals surface area contributed by atoms with Gasteiger partial charge in [-0.3, -0.25) is 4.79 Å². The second-order valence-electron chi connectivity index (χ2n) is 5.70. The minimum Gasteiger partial charge on any atom is -0.350 e. The van der Waals surface area contributed by atoms with Gasteiger partial charge in [0, 0.05) is 11.3 Å². The van der Waals surface area contributed by atoms with Gasteiger partial charge in [-0.2, -0.15) is 0 Å². The largest absolute Gasteiger partial charge is 0.350 e. The lowest BCUT2D eigenvalue weighted by atomic mass is 9.71. The van der Waals surface area contributed by atoms with Gasteiger partial charge >= 0.3 is 0 Å². The van der Waals surface area contributed by atoms with Crippen molar-refractivity contribution in [3.8, 4) is 0 Å². The molecule has 0 aromatic rings. The second kappa shape index (κ2) is 3.81. The molecule has 0 amide bonds. The Morgan fingerprint density at radius 1 is 1.31 bits per heavy atom. The Bertz CT molecular complexity index is 296. The molecule has 2 aliphatic carbocycles. The van der Waals surface area contributed by atoms with Crippen LogP contribution in [0.4, 0.5) is 0 Å². The average Bonchev–Trinajstić information content (AvgIpc) is 2.97. The number of ketones is 1. The van der Waals surface area contributed by atoms with E-state index in [1.165, 1.54) is 6.42 Å². The Balaban J connectivity index is 1.62. The van der Waals surface area contributed by atoms with E-state index in [9.17, 15) is 4.79 Å². The zero-order chi connectivity index (χ0) is 11.2. The van der Waals surface area contributed by atoms with Crippen molar-refractivity contribution in [1.29, 1.82) is 0 Å². The molecule has 0 spiro atoms. The molecule has 3 fully saturated rings. The molecule has 2 saturated carbocycles. The fraction of sp³-hybridized carbons (Fsp3) is 0.923. The topological polar surface area (TPSA) is 35.5 Å². The van der Waals surface area contributed by atoms with Gasteiger partial charge in [-0.05, 0) is 38.0 Å². The van der Waals surface area contributed by atoms with E-state index in [1.54, 1.807) is 0 Å². The smallest absolute Gasteiger partial charge is 0.157 e. The van der Waals surface area contributed by atoms with Crippen molar-refractivity contribution in [1.82, 2.24) is 0 Å².